The highest BCUT2D eigenvalue weighted by Crippen LogP contribution is 2.39. The zero-order chi connectivity index (χ0) is 18.8. The number of rotatable bonds is 6. The third-order valence-electron chi connectivity index (χ3n) is 3.89. The van der Waals surface area contributed by atoms with E-state index in [0.29, 0.717) is 0 Å². The van der Waals surface area contributed by atoms with E-state index < -0.39 is 39.4 Å². The van der Waals surface area contributed by atoms with Gasteiger partial charge in [-0.25, -0.2) is 4.79 Å². The molecule has 0 saturated carbocycles. The smallest absolute Gasteiger partial charge is 0.328 e. The lowest BCUT2D eigenvalue weighted by molar-refractivity contribution is -0.147. The van der Waals surface area contributed by atoms with Gasteiger partial charge in [0.2, 0.25) is 0 Å². The molecule has 1 aliphatic heterocycles. The number of ether oxygens (including phenoxy) is 2. The minimum Gasteiger partial charge on any atom is -0.469 e. The number of esters is 2. The summed E-state index contributed by atoms with van der Waals surface area (Å²) in [4.78, 5) is 36.9. The van der Waals surface area contributed by atoms with Crippen molar-refractivity contribution in [1.82, 2.24) is 4.90 Å². The van der Waals surface area contributed by atoms with Crippen molar-refractivity contribution in [2.75, 3.05) is 14.2 Å². The Morgan fingerprint density at radius 2 is 1.88 bits per heavy atom. The predicted molar refractivity (Wildman–Crippen MR) is 84.0 cm³/mol. The van der Waals surface area contributed by atoms with Crippen LogP contribution in [0.2, 0.25) is 0 Å². The summed E-state index contributed by atoms with van der Waals surface area (Å²) in [6.45, 7) is 0. The molecule has 1 N–H and O–H groups in total. The molecule has 136 valence electrons. The van der Waals surface area contributed by atoms with E-state index in [9.17, 15) is 27.4 Å². The summed E-state index contributed by atoms with van der Waals surface area (Å²) in [5, 5.41) is -1.75. The van der Waals surface area contributed by atoms with Crippen LogP contribution in [0.5, 0.6) is 0 Å². The summed E-state index contributed by atoms with van der Waals surface area (Å²) in [5.41, 5.74) is 0.110. The number of carbonyl (C=O) groups is 3. The van der Waals surface area contributed by atoms with Crippen LogP contribution in [0.1, 0.15) is 34.1 Å². The molecule has 2 unspecified atom stereocenters. The quantitative estimate of drug-likeness (QED) is 0.566. The van der Waals surface area contributed by atoms with Gasteiger partial charge in [-0.2, -0.15) is 8.42 Å². The van der Waals surface area contributed by atoms with Gasteiger partial charge in [-0.05, 0) is 12.5 Å². The molecule has 0 aromatic heterocycles. The molecular formula is C15H17NO8S. The molecule has 0 spiro atoms. The highest BCUT2D eigenvalue weighted by atomic mass is 32.2. The Kier molecular flexibility index (Phi) is 5.43. The van der Waals surface area contributed by atoms with Crippen LogP contribution >= 0.6 is 0 Å². The molecule has 0 radical (unpaired) electrons. The van der Waals surface area contributed by atoms with E-state index >= 15 is 0 Å². The zero-order valence-electron chi connectivity index (χ0n) is 13.5. The van der Waals surface area contributed by atoms with Gasteiger partial charge in [-0.1, -0.05) is 18.2 Å². The van der Waals surface area contributed by atoms with E-state index in [1.165, 1.54) is 24.3 Å². The summed E-state index contributed by atoms with van der Waals surface area (Å²) in [7, 11) is -2.51. The van der Waals surface area contributed by atoms with Gasteiger partial charge in [0.05, 0.1) is 14.2 Å². The van der Waals surface area contributed by atoms with Crippen LogP contribution < -0.4 is 0 Å². The summed E-state index contributed by atoms with van der Waals surface area (Å²) in [5.74, 6) is -2.29. The number of hydrogen-bond acceptors (Lipinski definition) is 7. The average Bonchev–Trinajstić information content (AvgIpc) is 2.88. The third-order valence-corrected chi connectivity index (χ3v) is 4.93. The summed E-state index contributed by atoms with van der Waals surface area (Å²) < 4.78 is 42.5. The van der Waals surface area contributed by atoms with Gasteiger partial charge >= 0.3 is 11.9 Å². The average molecular weight is 371 g/mol. The molecule has 0 saturated heterocycles. The van der Waals surface area contributed by atoms with Gasteiger partial charge in [0.15, 0.2) is 5.37 Å². The van der Waals surface area contributed by atoms with Crippen molar-refractivity contribution in [3.05, 3.63) is 35.4 Å². The maximum absolute atomic E-state index is 12.7. The maximum atomic E-state index is 12.7. The molecule has 2 rings (SSSR count). The van der Waals surface area contributed by atoms with E-state index in [1.807, 2.05) is 0 Å². The first-order valence-corrected chi connectivity index (χ1v) is 8.75. The van der Waals surface area contributed by atoms with Gasteiger partial charge in [-0.15, -0.1) is 0 Å². The molecule has 1 amide bonds. The standard InChI is InChI=1S/C15H17NO8S/c1-23-12(17)8-7-11(15(19)24-2)16-13(18)9-5-3-4-6-10(9)14(16)25(20,21)22/h3-6,11,14H,7-8H2,1-2H3,(H,20,21,22). The lowest BCUT2D eigenvalue weighted by Gasteiger charge is -2.29. The summed E-state index contributed by atoms with van der Waals surface area (Å²) >= 11 is 0. The molecule has 9 nitrogen and oxygen atoms in total. The Balaban J connectivity index is 2.49. The molecule has 0 bridgehead atoms. The fourth-order valence-electron chi connectivity index (χ4n) is 2.77. The van der Waals surface area contributed by atoms with Crippen LogP contribution in [-0.4, -0.2) is 56.0 Å². The highest BCUT2D eigenvalue weighted by molar-refractivity contribution is 7.86. The fourth-order valence-corrected chi connectivity index (χ4v) is 3.83. The second-order valence-corrected chi connectivity index (χ2v) is 6.80. The van der Waals surface area contributed by atoms with Crippen molar-refractivity contribution in [2.24, 2.45) is 0 Å². The van der Waals surface area contributed by atoms with E-state index in [2.05, 4.69) is 9.47 Å². The number of nitrogens with zero attached hydrogens (tertiary/aromatic N) is 1. The highest BCUT2D eigenvalue weighted by Gasteiger charge is 2.49. The third kappa shape index (κ3) is 3.64. The van der Waals surface area contributed by atoms with E-state index in [4.69, 9.17) is 0 Å². The topological polar surface area (TPSA) is 127 Å². The molecule has 0 aliphatic carbocycles. The lowest BCUT2D eigenvalue weighted by Crippen LogP contribution is -2.46. The van der Waals surface area contributed by atoms with E-state index in [0.717, 1.165) is 19.1 Å². The van der Waals surface area contributed by atoms with E-state index in [1.54, 1.807) is 0 Å². The molecule has 0 fully saturated rings. The second-order valence-electron chi connectivity index (χ2n) is 5.32. The van der Waals surface area contributed by atoms with Gasteiger partial charge in [0.25, 0.3) is 16.0 Å². The molecule has 2 atom stereocenters. The number of benzene rings is 1. The van der Waals surface area contributed by atoms with Gasteiger partial charge < -0.3 is 14.4 Å². The van der Waals surface area contributed by atoms with Crippen LogP contribution in [0.4, 0.5) is 0 Å². The second kappa shape index (κ2) is 7.19. The Hall–Kier alpha value is -2.46. The number of methoxy groups -OCH3 is 2. The number of hydrogen-bond donors (Lipinski definition) is 1. The Morgan fingerprint density at radius 1 is 1.24 bits per heavy atom. The van der Waals surface area contributed by atoms with Crippen LogP contribution in [-0.2, 0) is 29.2 Å². The summed E-state index contributed by atoms with van der Waals surface area (Å²) in [6, 6.07) is 4.43. The fraction of sp³-hybridized carbons (Fsp3) is 0.400. The van der Waals surface area contributed by atoms with Crippen LogP contribution in [0, 0.1) is 0 Å². The normalized spacial score (nSPS) is 17.8. The first-order valence-electron chi connectivity index (χ1n) is 7.25. The van der Waals surface area contributed by atoms with Crippen LogP contribution in [0.3, 0.4) is 0 Å². The molecule has 10 heteroatoms. The number of amides is 1. The van der Waals surface area contributed by atoms with Crippen LogP contribution in [0.15, 0.2) is 24.3 Å². The Labute approximate surface area is 144 Å². The molecule has 1 heterocycles. The minimum atomic E-state index is -4.75. The number of carbonyl (C=O) groups excluding carboxylic acids is 3. The largest absolute Gasteiger partial charge is 0.469 e. The molecule has 25 heavy (non-hydrogen) atoms. The zero-order valence-corrected chi connectivity index (χ0v) is 14.4. The molecule has 1 aliphatic rings. The van der Waals surface area contributed by atoms with Crippen molar-refractivity contribution in [1.29, 1.82) is 0 Å². The molecule has 1 aromatic carbocycles. The summed E-state index contributed by atoms with van der Waals surface area (Å²) in [6.07, 6.45) is -0.459. The van der Waals surface area contributed by atoms with Crippen molar-refractivity contribution >= 4 is 28.0 Å². The minimum absolute atomic E-state index is 0.0529. The van der Waals surface area contributed by atoms with Gasteiger partial charge in [-0.3, -0.25) is 14.1 Å². The predicted octanol–water partition coefficient (Wildman–Crippen LogP) is 0.524. The first kappa shape index (κ1) is 18.9. The van der Waals surface area contributed by atoms with Crippen molar-refractivity contribution in [3.63, 3.8) is 0 Å². The first-order chi connectivity index (χ1) is 11.7. The Bertz CT molecular complexity index is 804. The molecule has 1 aromatic rings. The monoisotopic (exact) mass is 371 g/mol. The number of fused-ring (bicyclic) bond motifs is 1. The lowest BCUT2D eigenvalue weighted by atomic mass is 10.1. The Morgan fingerprint density at radius 3 is 2.44 bits per heavy atom. The molecular weight excluding hydrogens is 354 g/mol. The van der Waals surface area contributed by atoms with Crippen molar-refractivity contribution < 1.29 is 36.8 Å². The van der Waals surface area contributed by atoms with E-state index in [-0.39, 0.29) is 24.0 Å². The van der Waals surface area contributed by atoms with Crippen molar-refractivity contribution in [3.8, 4) is 0 Å². The van der Waals surface area contributed by atoms with Gasteiger partial charge in [0.1, 0.15) is 6.04 Å². The SMILES string of the molecule is COC(=O)CCC(C(=O)OC)N1C(=O)c2ccccc2C1S(=O)(=O)O. The van der Waals surface area contributed by atoms with Crippen molar-refractivity contribution in [2.45, 2.75) is 24.3 Å². The van der Waals surface area contributed by atoms with Gasteiger partial charge in [0, 0.05) is 17.5 Å². The maximum Gasteiger partial charge on any atom is 0.328 e. The van der Waals surface area contributed by atoms with Crippen LogP contribution in [0.25, 0.3) is 0 Å².